The van der Waals surface area contributed by atoms with Gasteiger partial charge in [0.15, 0.2) is 0 Å². The van der Waals surface area contributed by atoms with E-state index in [0.29, 0.717) is 0 Å². The minimum atomic E-state index is 0.739. The monoisotopic (exact) mass is 367 g/mol. The Balaban J connectivity index is 1.41. The molecule has 0 amide bonds. The van der Waals surface area contributed by atoms with Crippen LogP contribution in [0.15, 0.2) is 36.7 Å². The molecule has 1 aromatic carbocycles. The first-order valence-electron chi connectivity index (χ1n) is 9.94. The Labute approximate surface area is 161 Å². The Hall–Kier alpha value is -2.50. The number of hydrogen-bond acceptors (Lipinski definition) is 6. The van der Waals surface area contributed by atoms with E-state index in [0.717, 1.165) is 62.6 Å². The first kappa shape index (κ1) is 17.9. The smallest absolute Gasteiger partial charge is 0.134 e. The molecule has 144 valence electrons. The second kappa shape index (κ2) is 8.03. The van der Waals surface area contributed by atoms with Crippen LogP contribution in [0.25, 0.3) is 0 Å². The molecule has 2 aliphatic heterocycles. The summed E-state index contributed by atoms with van der Waals surface area (Å²) in [7, 11) is 1.72. The molecule has 0 radical (unpaired) electrons. The van der Waals surface area contributed by atoms with Crippen molar-refractivity contribution in [1.29, 1.82) is 0 Å². The summed E-state index contributed by atoms with van der Waals surface area (Å²) < 4.78 is 5.36. The van der Waals surface area contributed by atoms with Gasteiger partial charge in [-0.15, -0.1) is 0 Å². The number of rotatable bonds is 4. The van der Waals surface area contributed by atoms with Crippen LogP contribution >= 0.6 is 0 Å². The number of aromatic nitrogens is 2. The Morgan fingerprint density at radius 1 is 0.926 bits per heavy atom. The molecule has 3 heterocycles. The summed E-state index contributed by atoms with van der Waals surface area (Å²) in [6.07, 6.45) is 4.29. The van der Waals surface area contributed by atoms with Gasteiger partial charge in [0.2, 0.25) is 0 Å². The molecule has 0 aliphatic carbocycles. The summed E-state index contributed by atoms with van der Waals surface area (Å²) in [5.41, 5.74) is 1.22. The molecule has 1 atom stereocenters. The highest BCUT2D eigenvalue weighted by atomic mass is 16.5. The summed E-state index contributed by atoms with van der Waals surface area (Å²) in [5, 5.41) is 0. The number of anilines is 3. The fourth-order valence-corrected chi connectivity index (χ4v) is 4.08. The maximum atomic E-state index is 5.36. The minimum absolute atomic E-state index is 0.739. The van der Waals surface area contributed by atoms with Gasteiger partial charge in [0, 0.05) is 57.1 Å². The van der Waals surface area contributed by atoms with Crippen molar-refractivity contribution in [3.63, 3.8) is 0 Å². The zero-order chi connectivity index (χ0) is 18.6. The van der Waals surface area contributed by atoms with Crippen molar-refractivity contribution in [3.8, 4) is 5.75 Å². The van der Waals surface area contributed by atoms with E-state index < -0.39 is 0 Å². The average molecular weight is 367 g/mol. The molecular weight excluding hydrogens is 338 g/mol. The highest BCUT2D eigenvalue weighted by molar-refractivity contribution is 5.54. The van der Waals surface area contributed by atoms with E-state index in [9.17, 15) is 0 Å². The molecule has 0 spiro atoms. The number of ether oxygens (including phenoxy) is 1. The molecule has 4 rings (SSSR count). The van der Waals surface area contributed by atoms with Gasteiger partial charge in [-0.3, -0.25) is 0 Å². The molecule has 1 unspecified atom stereocenters. The predicted octanol–water partition coefficient (Wildman–Crippen LogP) is 3.05. The molecule has 0 bridgehead atoms. The van der Waals surface area contributed by atoms with Gasteiger partial charge in [0.1, 0.15) is 23.7 Å². The van der Waals surface area contributed by atoms with E-state index in [-0.39, 0.29) is 0 Å². The zero-order valence-corrected chi connectivity index (χ0v) is 16.3. The van der Waals surface area contributed by atoms with Crippen molar-refractivity contribution in [2.45, 2.75) is 19.8 Å². The van der Waals surface area contributed by atoms with E-state index in [1.807, 2.05) is 6.07 Å². The van der Waals surface area contributed by atoms with Gasteiger partial charge in [-0.1, -0.05) is 13.0 Å². The van der Waals surface area contributed by atoms with Gasteiger partial charge in [0.05, 0.1) is 7.11 Å². The third kappa shape index (κ3) is 4.10. The second-order valence-electron chi connectivity index (χ2n) is 7.60. The lowest BCUT2D eigenvalue weighted by Crippen LogP contribution is -2.47. The van der Waals surface area contributed by atoms with E-state index in [2.05, 4.69) is 55.9 Å². The molecule has 2 aliphatic rings. The van der Waals surface area contributed by atoms with Gasteiger partial charge in [0.25, 0.3) is 0 Å². The van der Waals surface area contributed by atoms with Crippen LogP contribution in [0.1, 0.15) is 19.8 Å². The summed E-state index contributed by atoms with van der Waals surface area (Å²) in [6.45, 7) is 8.41. The van der Waals surface area contributed by atoms with Crippen molar-refractivity contribution in [2.75, 3.05) is 61.1 Å². The number of hydrogen-bond donors (Lipinski definition) is 0. The van der Waals surface area contributed by atoms with Crippen molar-refractivity contribution in [2.24, 2.45) is 5.92 Å². The van der Waals surface area contributed by atoms with Crippen molar-refractivity contribution in [1.82, 2.24) is 9.97 Å². The second-order valence-corrected chi connectivity index (χ2v) is 7.60. The predicted molar refractivity (Wildman–Crippen MR) is 110 cm³/mol. The first-order chi connectivity index (χ1) is 13.2. The SMILES string of the molecule is COc1cccc(N2CCN(c3cc(N4CCCC(C)C4)ncn3)CC2)c1. The van der Waals surface area contributed by atoms with Gasteiger partial charge >= 0.3 is 0 Å². The first-order valence-corrected chi connectivity index (χ1v) is 9.94. The highest BCUT2D eigenvalue weighted by Crippen LogP contribution is 2.26. The Kier molecular flexibility index (Phi) is 5.32. The lowest BCUT2D eigenvalue weighted by atomic mass is 10.0. The summed E-state index contributed by atoms with van der Waals surface area (Å²) in [4.78, 5) is 16.3. The Morgan fingerprint density at radius 2 is 1.67 bits per heavy atom. The van der Waals surface area contributed by atoms with E-state index in [1.54, 1.807) is 13.4 Å². The van der Waals surface area contributed by atoms with Gasteiger partial charge in [-0.2, -0.15) is 0 Å². The van der Waals surface area contributed by atoms with Crippen LogP contribution in [0, 0.1) is 5.92 Å². The number of methoxy groups -OCH3 is 1. The molecule has 27 heavy (non-hydrogen) atoms. The van der Waals surface area contributed by atoms with Gasteiger partial charge < -0.3 is 19.4 Å². The highest BCUT2D eigenvalue weighted by Gasteiger charge is 2.21. The Morgan fingerprint density at radius 3 is 2.41 bits per heavy atom. The minimum Gasteiger partial charge on any atom is -0.497 e. The third-order valence-electron chi connectivity index (χ3n) is 5.64. The molecule has 0 saturated carbocycles. The lowest BCUT2D eigenvalue weighted by molar-refractivity contribution is 0.414. The van der Waals surface area contributed by atoms with Crippen molar-refractivity contribution < 1.29 is 4.74 Å². The molecule has 2 saturated heterocycles. The molecule has 0 N–H and O–H groups in total. The van der Waals surface area contributed by atoms with Crippen LogP contribution in [0.3, 0.4) is 0 Å². The number of nitrogens with zero attached hydrogens (tertiary/aromatic N) is 5. The average Bonchev–Trinajstić information content (AvgIpc) is 2.74. The van der Waals surface area contributed by atoms with Crippen LogP contribution in [0.5, 0.6) is 5.75 Å². The summed E-state index contributed by atoms with van der Waals surface area (Å²) >= 11 is 0. The van der Waals surface area contributed by atoms with E-state index in [1.165, 1.54) is 18.5 Å². The van der Waals surface area contributed by atoms with Gasteiger partial charge in [-0.05, 0) is 30.9 Å². The largest absolute Gasteiger partial charge is 0.497 e. The maximum absolute atomic E-state index is 5.36. The van der Waals surface area contributed by atoms with Crippen molar-refractivity contribution in [3.05, 3.63) is 36.7 Å². The maximum Gasteiger partial charge on any atom is 0.134 e. The van der Waals surface area contributed by atoms with E-state index >= 15 is 0 Å². The normalized spacial score (nSPS) is 20.7. The van der Waals surface area contributed by atoms with Crippen LogP contribution in [-0.2, 0) is 0 Å². The molecular formula is C21H29N5O. The summed E-state index contributed by atoms with van der Waals surface area (Å²) in [5.74, 6) is 3.76. The Bertz CT molecular complexity index is 760. The third-order valence-corrected chi connectivity index (χ3v) is 5.64. The summed E-state index contributed by atoms with van der Waals surface area (Å²) in [6, 6.07) is 10.5. The quantitative estimate of drug-likeness (QED) is 0.828. The lowest BCUT2D eigenvalue weighted by Gasteiger charge is -2.37. The topological polar surface area (TPSA) is 44.7 Å². The number of piperidine rings is 1. The van der Waals surface area contributed by atoms with Crippen LogP contribution < -0.4 is 19.4 Å². The van der Waals surface area contributed by atoms with Crippen LogP contribution in [0.4, 0.5) is 17.3 Å². The van der Waals surface area contributed by atoms with Gasteiger partial charge in [-0.25, -0.2) is 9.97 Å². The molecule has 6 heteroatoms. The fourth-order valence-electron chi connectivity index (χ4n) is 4.08. The molecule has 6 nitrogen and oxygen atoms in total. The zero-order valence-electron chi connectivity index (χ0n) is 16.3. The van der Waals surface area contributed by atoms with Crippen molar-refractivity contribution >= 4 is 17.3 Å². The molecule has 2 fully saturated rings. The molecule has 1 aromatic heterocycles. The number of piperazine rings is 1. The van der Waals surface area contributed by atoms with Crippen LogP contribution in [-0.4, -0.2) is 56.3 Å². The number of benzene rings is 1. The van der Waals surface area contributed by atoms with E-state index in [4.69, 9.17) is 4.74 Å². The molecule has 2 aromatic rings. The van der Waals surface area contributed by atoms with Crippen LogP contribution in [0.2, 0.25) is 0 Å². The fraction of sp³-hybridized carbons (Fsp3) is 0.524. The standard InChI is InChI=1S/C21H29N5O/c1-17-5-4-8-26(15-17)21-14-20(22-16-23-21)25-11-9-24(10-12-25)18-6-3-7-19(13-18)27-2/h3,6-7,13-14,16-17H,4-5,8-12,15H2,1-2H3.